The van der Waals surface area contributed by atoms with Crippen molar-refractivity contribution in [1.29, 1.82) is 0 Å². The standard InChI is InChI=1S/C19H30N2O2S/c1-3-4-5-6-10-19(23)11-13-21(14-12-19)18(22)20-16-8-7-9-17(15-16)24-2/h7-9,15,23H,3-6,10-14H2,1-2H3,(H,20,22). The van der Waals surface area contributed by atoms with Gasteiger partial charge in [0.15, 0.2) is 0 Å². The molecule has 5 heteroatoms. The maximum absolute atomic E-state index is 12.4. The van der Waals surface area contributed by atoms with E-state index in [4.69, 9.17) is 0 Å². The molecule has 0 aromatic heterocycles. The number of thioether (sulfide) groups is 1. The lowest BCUT2D eigenvalue weighted by atomic mass is 9.86. The smallest absolute Gasteiger partial charge is 0.321 e. The molecule has 2 rings (SSSR count). The van der Waals surface area contributed by atoms with E-state index in [1.165, 1.54) is 19.3 Å². The van der Waals surface area contributed by atoms with Gasteiger partial charge in [-0.1, -0.05) is 38.7 Å². The minimum Gasteiger partial charge on any atom is -0.390 e. The van der Waals surface area contributed by atoms with Gasteiger partial charge in [-0.15, -0.1) is 11.8 Å². The van der Waals surface area contributed by atoms with Gasteiger partial charge in [0.2, 0.25) is 0 Å². The summed E-state index contributed by atoms with van der Waals surface area (Å²) in [4.78, 5) is 15.3. The number of likely N-dealkylation sites (tertiary alicyclic amines) is 1. The number of urea groups is 1. The van der Waals surface area contributed by atoms with Crippen LogP contribution in [0, 0.1) is 0 Å². The Labute approximate surface area is 150 Å². The number of carbonyl (C=O) groups is 1. The SMILES string of the molecule is CCCCCCC1(O)CCN(C(=O)Nc2cccc(SC)c2)CC1. The van der Waals surface area contributed by atoms with E-state index in [2.05, 4.69) is 12.2 Å². The topological polar surface area (TPSA) is 52.6 Å². The summed E-state index contributed by atoms with van der Waals surface area (Å²) in [6.07, 6.45) is 8.95. The van der Waals surface area contributed by atoms with Gasteiger partial charge in [0, 0.05) is 23.7 Å². The summed E-state index contributed by atoms with van der Waals surface area (Å²) >= 11 is 1.66. The zero-order chi connectivity index (χ0) is 17.4. The van der Waals surface area contributed by atoms with Crippen molar-refractivity contribution >= 4 is 23.5 Å². The number of hydrogen-bond donors (Lipinski definition) is 2. The van der Waals surface area contributed by atoms with Crippen LogP contribution in [0.1, 0.15) is 51.9 Å². The molecule has 0 spiro atoms. The van der Waals surface area contributed by atoms with Crippen LogP contribution in [0.5, 0.6) is 0 Å². The molecule has 24 heavy (non-hydrogen) atoms. The van der Waals surface area contributed by atoms with Gasteiger partial charge in [0.25, 0.3) is 0 Å². The van der Waals surface area contributed by atoms with Crippen molar-refractivity contribution in [3.63, 3.8) is 0 Å². The highest BCUT2D eigenvalue weighted by Crippen LogP contribution is 2.28. The number of hydrogen-bond acceptors (Lipinski definition) is 3. The third kappa shape index (κ3) is 5.71. The van der Waals surface area contributed by atoms with Gasteiger partial charge in [-0.25, -0.2) is 4.79 Å². The molecule has 134 valence electrons. The number of aliphatic hydroxyl groups is 1. The van der Waals surface area contributed by atoms with E-state index in [0.717, 1.165) is 23.4 Å². The van der Waals surface area contributed by atoms with Gasteiger partial charge < -0.3 is 15.3 Å². The third-order valence-electron chi connectivity index (χ3n) is 4.80. The van der Waals surface area contributed by atoms with Crippen LogP contribution in [-0.2, 0) is 0 Å². The van der Waals surface area contributed by atoms with E-state index in [9.17, 15) is 9.90 Å². The Kier molecular flexibility index (Phi) is 7.43. The molecule has 1 saturated heterocycles. The van der Waals surface area contributed by atoms with Crippen LogP contribution in [0.25, 0.3) is 0 Å². The lowest BCUT2D eigenvalue weighted by molar-refractivity contribution is -0.0197. The van der Waals surface area contributed by atoms with Crippen molar-refractivity contribution in [3.8, 4) is 0 Å². The molecule has 1 aliphatic heterocycles. The molecule has 4 nitrogen and oxygen atoms in total. The fourth-order valence-electron chi connectivity index (χ4n) is 3.16. The molecule has 2 amide bonds. The summed E-state index contributed by atoms with van der Waals surface area (Å²) in [7, 11) is 0. The van der Waals surface area contributed by atoms with Crippen molar-refractivity contribution in [2.75, 3.05) is 24.7 Å². The molecule has 0 aliphatic carbocycles. The first-order valence-electron chi connectivity index (χ1n) is 8.99. The van der Waals surface area contributed by atoms with E-state index in [1.807, 2.05) is 35.4 Å². The molecule has 1 aliphatic rings. The molecular weight excluding hydrogens is 320 g/mol. The fourth-order valence-corrected chi connectivity index (χ4v) is 3.62. The van der Waals surface area contributed by atoms with Gasteiger partial charge in [0.05, 0.1) is 5.60 Å². The number of nitrogens with zero attached hydrogens (tertiary/aromatic N) is 1. The van der Waals surface area contributed by atoms with Crippen molar-refractivity contribution in [1.82, 2.24) is 4.90 Å². The molecular formula is C19H30N2O2S. The molecule has 0 saturated carbocycles. The zero-order valence-electron chi connectivity index (χ0n) is 14.9. The normalized spacial score (nSPS) is 16.9. The third-order valence-corrected chi connectivity index (χ3v) is 5.52. The Morgan fingerprint density at radius 3 is 2.71 bits per heavy atom. The van der Waals surface area contributed by atoms with Crippen LogP contribution < -0.4 is 5.32 Å². The number of nitrogens with one attached hydrogen (secondary N) is 1. The minimum absolute atomic E-state index is 0.0683. The largest absolute Gasteiger partial charge is 0.390 e. The van der Waals surface area contributed by atoms with Crippen LogP contribution in [0.15, 0.2) is 29.2 Å². The number of carbonyl (C=O) groups excluding carboxylic acids is 1. The molecule has 1 aromatic rings. The van der Waals surface area contributed by atoms with Gasteiger partial charge in [-0.05, 0) is 43.7 Å². The number of anilines is 1. The van der Waals surface area contributed by atoms with Gasteiger partial charge in [-0.2, -0.15) is 0 Å². The van der Waals surface area contributed by atoms with Crippen LogP contribution in [0.2, 0.25) is 0 Å². The number of piperidine rings is 1. The lowest BCUT2D eigenvalue weighted by Crippen LogP contribution is -2.48. The zero-order valence-corrected chi connectivity index (χ0v) is 15.7. The van der Waals surface area contributed by atoms with E-state index >= 15 is 0 Å². The number of amides is 2. The van der Waals surface area contributed by atoms with E-state index < -0.39 is 5.60 Å². The van der Waals surface area contributed by atoms with Crippen molar-refractivity contribution in [2.24, 2.45) is 0 Å². The van der Waals surface area contributed by atoms with Crippen LogP contribution >= 0.6 is 11.8 Å². The predicted molar refractivity (Wildman–Crippen MR) is 102 cm³/mol. The summed E-state index contributed by atoms with van der Waals surface area (Å²) in [5.74, 6) is 0. The first kappa shape index (κ1) is 19.1. The van der Waals surface area contributed by atoms with Crippen molar-refractivity contribution in [3.05, 3.63) is 24.3 Å². The quantitative estimate of drug-likeness (QED) is 0.552. The van der Waals surface area contributed by atoms with Crippen molar-refractivity contribution in [2.45, 2.75) is 62.4 Å². The van der Waals surface area contributed by atoms with Gasteiger partial charge in [0.1, 0.15) is 0 Å². The molecule has 2 N–H and O–H groups in total. The summed E-state index contributed by atoms with van der Waals surface area (Å²) < 4.78 is 0. The predicted octanol–water partition coefficient (Wildman–Crippen LogP) is 4.74. The monoisotopic (exact) mass is 350 g/mol. The number of benzene rings is 1. The average Bonchev–Trinajstić information content (AvgIpc) is 2.59. The first-order chi connectivity index (χ1) is 11.6. The second-order valence-corrected chi connectivity index (χ2v) is 7.56. The maximum atomic E-state index is 12.4. The average molecular weight is 351 g/mol. The molecule has 0 radical (unpaired) electrons. The Bertz CT molecular complexity index is 528. The molecule has 0 bridgehead atoms. The highest BCUT2D eigenvalue weighted by Gasteiger charge is 2.33. The Balaban J connectivity index is 1.79. The summed E-state index contributed by atoms with van der Waals surface area (Å²) in [5, 5.41) is 13.6. The second kappa shape index (κ2) is 9.33. The Hall–Kier alpha value is -1.20. The molecule has 1 heterocycles. The van der Waals surface area contributed by atoms with Gasteiger partial charge in [-0.3, -0.25) is 0 Å². The molecule has 0 atom stereocenters. The fraction of sp³-hybridized carbons (Fsp3) is 0.632. The maximum Gasteiger partial charge on any atom is 0.321 e. The molecule has 0 unspecified atom stereocenters. The van der Waals surface area contributed by atoms with E-state index in [0.29, 0.717) is 25.9 Å². The van der Waals surface area contributed by atoms with Crippen LogP contribution in [0.3, 0.4) is 0 Å². The van der Waals surface area contributed by atoms with E-state index in [1.54, 1.807) is 11.8 Å². The highest BCUT2D eigenvalue weighted by molar-refractivity contribution is 7.98. The highest BCUT2D eigenvalue weighted by atomic mass is 32.2. The lowest BCUT2D eigenvalue weighted by Gasteiger charge is -2.38. The molecule has 1 fully saturated rings. The molecule has 1 aromatic carbocycles. The van der Waals surface area contributed by atoms with Crippen molar-refractivity contribution < 1.29 is 9.90 Å². The van der Waals surface area contributed by atoms with Crippen LogP contribution in [-0.4, -0.2) is 41.0 Å². The van der Waals surface area contributed by atoms with E-state index in [-0.39, 0.29) is 6.03 Å². The second-order valence-electron chi connectivity index (χ2n) is 6.68. The number of unbranched alkanes of at least 4 members (excludes halogenated alkanes) is 3. The summed E-state index contributed by atoms with van der Waals surface area (Å²) in [6.45, 7) is 3.44. The van der Waals surface area contributed by atoms with Gasteiger partial charge >= 0.3 is 6.03 Å². The number of rotatable bonds is 7. The minimum atomic E-state index is -0.580. The van der Waals surface area contributed by atoms with Crippen LogP contribution in [0.4, 0.5) is 10.5 Å². The Morgan fingerprint density at radius 2 is 2.04 bits per heavy atom. The summed E-state index contributed by atoms with van der Waals surface area (Å²) in [6, 6.07) is 7.80. The first-order valence-corrected chi connectivity index (χ1v) is 10.2. The Morgan fingerprint density at radius 1 is 1.29 bits per heavy atom. The summed E-state index contributed by atoms with van der Waals surface area (Å²) in [5.41, 5.74) is 0.246.